The number of alkyl carbamates (subject to hydrolysis) is 1. The fourth-order valence-electron chi connectivity index (χ4n) is 2.60. The van der Waals surface area contributed by atoms with Crippen LogP contribution in [0.3, 0.4) is 0 Å². The molecule has 0 fully saturated rings. The van der Waals surface area contributed by atoms with Gasteiger partial charge in [-0.25, -0.2) is 4.79 Å². The van der Waals surface area contributed by atoms with Crippen LogP contribution in [0.25, 0.3) is 0 Å². The standard InChI is InChI=1S/C24H41NO4SSi/c1-16(2)20(29-31(10,11)24(7,8)9)19(25-22(27)28-23(4,5)6)21(26)30-18-14-12-17(3)13-15-18/h12-16,19-20H,1-11H3,(H,25,27)/t19-,20-/m0/s1. The molecule has 1 aromatic rings. The van der Waals surface area contributed by atoms with Gasteiger partial charge in [-0.15, -0.1) is 0 Å². The molecule has 0 aliphatic heterocycles. The Balaban J connectivity index is 3.24. The van der Waals surface area contributed by atoms with E-state index in [1.54, 1.807) is 20.8 Å². The smallest absolute Gasteiger partial charge is 0.408 e. The Kier molecular flexibility index (Phi) is 9.42. The van der Waals surface area contributed by atoms with E-state index >= 15 is 0 Å². The minimum Gasteiger partial charge on any atom is -0.444 e. The Labute approximate surface area is 194 Å². The highest BCUT2D eigenvalue weighted by Crippen LogP contribution is 2.39. The van der Waals surface area contributed by atoms with Crippen LogP contribution >= 0.6 is 11.8 Å². The van der Waals surface area contributed by atoms with E-state index in [1.165, 1.54) is 0 Å². The number of ether oxygens (including phenoxy) is 1. The first-order chi connectivity index (χ1) is 13.9. The van der Waals surface area contributed by atoms with Crippen molar-refractivity contribution >= 4 is 31.3 Å². The quantitative estimate of drug-likeness (QED) is 0.364. The van der Waals surface area contributed by atoms with Crippen LogP contribution in [-0.4, -0.2) is 37.3 Å². The van der Waals surface area contributed by atoms with Gasteiger partial charge in [0.1, 0.15) is 11.6 Å². The summed E-state index contributed by atoms with van der Waals surface area (Å²) < 4.78 is 12.1. The summed E-state index contributed by atoms with van der Waals surface area (Å²) in [5.74, 6) is 0.0247. The molecule has 1 aromatic carbocycles. The number of carbonyl (C=O) groups excluding carboxylic acids is 2. The topological polar surface area (TPSA) is 64.6 Å². The van der Waals surface area contributed by atoms with Gasteiger partial charge in [0.15, 0.2) is 8.32 Å². The molecule has 0 heterocycles. The molecule has 31 heavy (non-hydrogen) atoms. The van der Waals surface area contributed by atoms with Gasteiger partial charge < -0.3 is 14.5 Å². The molecule has 0 saturated heterocycles. The summed E-state index contributed by atoms with van der Waals surface area (Å²) in [5.41, 5.74) is 0.469. The number of hydrogen-bond donors (Lipinski definition) is 1. The zero-order valence-corrected chi connectivity index (χ0v) is 22.9. The van der Waals surface area contributed by atoms with Gasteiger partial charge in [-0.2, -0.15) is 0 Å². The maximum atomic E-state index is 13.4. The Bertz CT molecular complexity index is 748. The first-order valence-corrected chi connectivity index (χ1v) is 14.6. The lowest BCUT2D eigenvalue weighted by Gasteiger charge is -2.42. The third-order valence-corrected chi connectivity index (χ3v) is 10.8. The Morgan fingerprint density at radius 2 is 1.52 bits per heavy atom. The van der Waals surface area contributed by atoms with E-state index in [4.69, 9.17) is 9.16 Å². The maximum absolute atomic E-state index is 13.4. The molecule has 0 bridgehead atoms. The van der Waals surface area contributed by atoms with E-state index in [2.05, 4.69) is 39.2 Å². The fourth-order valence-corrected chi connectivity index (χ4v) is 4.87. The van der Waals surface area contributed by atoms with Crippen LogP contribution in [0.5, 0.6) is 0 Å². The van der Waals surface area contributed by atoms with Gasteiger partial charge in [0.25, 0.3) is 0 Å². The van der Waals surface area contributed by atoms with Crippen molar-refractivity contribution in [1.29, 1.82) is 0 Å². The third kappa shape index (κ3) is 8.98. The van der Waals surface area contributed by atoms with Gasteiger partial charge in [-0.1, -0.05) is 52.3 Å². The first kappa shape index (κ1) is 27.7. The van der Waals surface area contributed by atoms with Crippen molar-refractivity contribution in [2.24, 2.45) is 5.92 Å². The lowest BCUT2D eigenvalue weighted by Crippen LogP contribution is -2.56. The molecule has 0 spiro atoms. The Hall–Kier alpha value is -1.31. The molecular formula is C24H41NO4SSi. The molecule has 0 aliphatic carbocycles. The number of thioether (sulfide) groups is 1. The van der Waals surface area contributed by atoms with Gasteiger partial charge in [-0.3, -0.25) is 4.79 Å². The van der Waals surface area contributed by atoms with Crippen molar-refractivity contribution in [1.82, 2.24) is 5.32 Å². The summed E-state index contributed by atoms with van der Waals surface area (Å²) in [6.07, 6.45) is -1.07. The zero-order valence-electron chi connectivity index (χ0n) is 21.1. The zero-order chi connectivity index (χ0) is 24.2. The van der Waals surface area contributed by atoms with Gasteiger partial charge in [-0.05, 0) is 75.6 Å². The Morgan fingerprint density at radius 1 is 1.00 bits per heavy atom. The van der Waals surface area contributed by atoms with E-state index in [0.29, 0.717) is 0 Å². The van der Waals surface area contributed by atoms with Crippen LogP contribution in [0.2, 0.25) is 18.1 Å². The average molecular weight is 468 g/mol. The number of amides is 1. The summed E-state index contributed by atoms with van der Waals surface area (Å²) in [6.45, 7) is 22.3. The number of rotatable bonds is 7. The lowest BCUT2D eigenvalue weighted by atomic mass is 10.0. The number of aryl methyl sites for hydroxylation is 1. The molecule has 0 saturated carbocycles. The number of carbonyl (C=O) groups is 2. The summed E-state index contributed by atoms with van der Waals surface area (Å²) in [5, 5.41) is 2.64. The average Bonchev–Trinajstić information content (AvgIpc) is 2.57. The van der Waals surface area contributed by atoms with Crippen molar-refractivity contribution < 1.29 is 18.8 Å². The van der Waals surface area contributed by atoms with Crippen molar-refractivity contribution in [2.45, 2.75) is 103 Å². The summed E-state index contributed by atoms with van der Waals surface area (Å²) in [6, 6.07) is 6.95. The molecule has 176 valence electrons. The molecule has 0 radical (unpaired) electrons. The summed E-state index contributed by atoms with van der Waals surface area (Å²) in [7, 11) is -2.19. The van der Waals surface area contributed by atoms with Crippen LogP contribution in [0.4, 0.5) is 4.79 Å². The number of benzene rings is 1. The van der Waals surface area contributed by atoms with Gasteiger partial charge >= 0.3 is 6.09 Å². The maximum Gasteiger partial charge on any atom is 0.408 e. The molecule has 5 nitrogen and oxygen atoms in total. The largest absolute Gasteiger partial charge is 0.444 e. The molecule has 1 N–H and O–H groups in total. The van der Waals surface area contributed by atoms with Crippen molar-refractivity contribution in [2.75, 3.05) is 0 Å². The molecule has 0 aliphatic rings. The van der Waals surface area contributed by atoms with Crippen molar-refractivity contribution in [3.8, 4) is 0 Å². The van der Waals surface area contributed by atoms with Crippen LogP contribution in [0.15, 0.2) is 29.2 Å². The van der Waals surface area contributed by atoms with Crippen LogP contribution in [-0.2, 0) is 14.0 Å². The van der Waals surface area contributed by atoms with Crippen LogP contribution in [0, 0.1) is 12.8 Å². The summed E-state index contributed by atoms with van der Waals surface area (Å²) >= 11 is 1.13. The molecular weight excluding hydrogens is 426 g/mol. The van der Waals surface area contributed by atoms with Gasteiger partial charge in [0.05, 0.1) is 6.10 Å². The van der Waals surface area contributed by atoms with Crippen LogP contribution in [0.1, 0.15) is 61.0 Å². The molecule has 1 amide bonds. The SMILES string of the molecule is Cc1ccc(SC(=O)[C@@H](NC(=O)OC(C)(C)C)[C@@H](O[Si](C)(C)C(C)(C)C)C(C)C)cc1. The monoisotopic (exact) mass is 467 g/mol. The molecule has 0 unspecified atom stereocenters. The highest BCUT2D eigenvalue weighted by Gasteiger charge is 2.44. The van der Waals surface area contributed by atoms with Gasteiger partial charge in [0.2, 0.25) is 5.12 Å². The van der Waals surface area contributed by atoms with Crippen molar-refractivity contribution in [3.05, 3.63) is 29.8 Å². The lowest BCUT2D eigenvalue weighted by molar-refractivity contribution is -0.115. The minimum atomic E-state index is -2.19. The van der Waals surface area contributed by atoms with Crippen LogP contribution < -0.4 is 5.32 Å². The molecule has 7 heteroatoms. The predicted molar refractivity (Wildman–Crippen MR) is 132 cm³/mol. The number of hydrogen-bond acceptors (Lipinski definition) is 5. The Morgan fingerprint density at radius 3 is 1.94 bits per heavy atom. The normalized spacial score (nSPS) is 14.8. The second kappa shape index (κ2) is 10.5. The van der Waals surface area contributed by atoms with E-state index in [1.807, 2.05) is 45.0 Å². The predicted octanol–water partition coefficient (Wildman–Crippen LogP) is 6.55. The first-order valence-electron chi connectivity index (χ1n) is 10.9. The van der Waals surface area contributed by atoms with E-state index in [-0.39, 0.29) is 16.1 Å². The van der Waals surface area contributed by atoms with E-state index in [9.17, 15) is 9.59 Å². The van der Waals surface area contributed by atoms with E-state index < -0.39 is 32.2 Å². The summed E-state index contributed by atoms with van der Waals surface area (Å²) in [4.78, 5) is 26.9. The molecule has 2 atom stereocenters. The van der Waals surface area contributed by atoms with E-state index in [0.717, 1.165) is 22.2 Å². The highest BCUT2D eigenvalue weighted by atomic mass is 32.2. The highest BCUT2D eigenvalue weighted by molar-refractivity contribution is 8.13. The molecule has 0 aromatic heterocycles. The second-order valence-electron chi connectivity index (χ2n) is 10.9. The second-order valence-corrected chi connectivity index (χ2v) is 16.8. The van der Waals surface area contributed by atoms with Gasteiger partial charge in [0, 0.05) is 4.90 Å². The third-order valence-electron chi connectivity index (χ3n) is 5.39. The minimum absolute atomic E-state index is 0.0241. The fraction of sp³-hybridized carbons (Fsp3) is 0.667. The van der Waals surface area contributed by atoms with Crippen molar-refractivity contribution in [3.63, 3.8) is 0 Å². The molecule has 1 rings (SSSR count). The number of nitrogens with one attached hydrogen (secondary N) is 1.